The van der Waals surface area contributed by atoms with Crippen molar-refractivity contribution in [2.45, 2.75) is 44.5 Å². The Hall–Kier alpha value is -3.70. The summed E-state index contributed by atoms with van der Waals surface area (Å²) in [6.07, 6.45) is 0.0859. The van der Waals surface area contributed by atoms with Gasteiger partial charge in [0, 0.05) is 24.6 Å². The third kappa shape index (κ3) is 4.52. The first-order chi connectivity index (χ1) is 16.7. The van der Waals surface area contributed by atoms with E-state index in [0.29, 0.717) is 42.7 Å². The van der Waals surface area contributed by atoms with Gasteiger partial charge in [-0.25, -0.2) is 24.9 Å². The van der Waals surface area contributed by atoms with E-state index in [2.05, 4.69) is 24.9 Å². The third-order valence-corrected chi connectivity index (χ3v) is 6.28. The van der Waals surface area contributed by atoms with Crippen LogP contribution < -0.4 is 4.74 Å². The van der Waals surface area contributed by atoms with Crippen LogP contribution in [0, 0.1) is 18.8 Å². The predicted molar refractivity (Wildman–Crippen MR) is 114 cm³/mol. The normalized spacial score (nSPS) is 21.7. The van der Waals surface area contributed by atoms with Crippen molar-refractivity contribution < 1.29 is 27.1 Å². The molecular weight excluding hydrogens is 468 g/mol. The summed E-state index contributed by atoms with van der Waals surface area (Å²) in [5, 5.41) is 0. The lowest BCUT2D eigenvalue weighted by atomic mass is 9.77. The lowest BCUT2D eigenvalue weighted by molar-refractivity contribution is -0.142. The Kier molecular flexibility index (Phi) is 5.81. The van der Waals surface area contributed by atoms with Crippen molar-refractivity contribution in [2.24, 2.45) is 5.92 Å². The van der Waals surface area contributed by atoms with E-state index in [1.54, 1.807) is 42.4 Å². The number of piperidine rings is 2. The number of halogens is 4. The molecule has 0 aromatic carbocycles. The number of fused-ring (bicyclic) bond motifs is 3. The number of carbonyl (C=O) groups excluding carboxylic acids is 1. The largest absolute Gasteiger partial charge is 0.469 e. The molecule has 182 valence electrons. The van der Waals surface area contributed by atoms with Gasteiger partial charge in [0.2, 0.25) is 0 Å². The fraction of sp³-hybridized carbons (Fsp3) is 0.391. The average molecular weight is 488 g/mol. The Morgan fingerprint density at radius 3 is 2.57 bits per heavy atom. The standard InChI is InChI=1S/C23H20F4N6O2/c1-12-3-5-14(20-28-7-2-8-29-20)18(31-12)22(34)33-11-13-4-6-15(33)16(9-13)35-21-19(24)32-17(10-30-21)23(25,26)27/h2-3,5,7-8,10,13,15-16H,4,6,9,11H2,1H3. The highest BCUT2D eigenvalue weighted by Gasteiger charge is 2.45. The third-order valence-electron chi connectivity index (χ3n) is 6.28. The monoisotopic (exact) mass is 488 g/mol. The molecule has 0 spiro atoms. The Labute approximate surface area is 197 Å². The number of hydrogen-bond acceptors (Lipinski definition) is 7. The molecule has 1 saturated carbocycles. The number of alkyl halides is 3. The van der Waals surface area contributed by atoms with E-state index < -0.39 is 35.8 Å². The quantitative estimate of drug-likeness (QED) is 0.515. The highest BCUT2D eigenvalue weighted by Crippen LogP contribution is 2.39. The molecule has 3 unspecified atom stereocenters. The van der Waals surface area contributed by atoms with E-state index in [0.717, 1.165) is 6.42 Å². The van der Waals surface area contributed by atoms with Crippen LogP contribution in [0.15, 0.2) is 36.8 Å². The Morgan fingerprint density at radius 2 is 1.89 bits per heavy atom. The maximum atomic E-state index is 14.3. The van der Waals surface area contributed by atoms with Gasteiger partial charge in [-0.15, -0.1) is 0 Å². The summed E-state index contributed by atoms with van der Waals surface area (Å²) >= 11 is 0. The highest BCUT2D eigenvalue weighted by atomic mass is 19.4. The van der Waals surface area contributed by atoms with Crippen LogP contribution in [-0.4, -0.2) is 54.4 Å². The van der Waals surface area contributed by atoms with Crippen molar-refractivity contribution in [1.82, 2.24) is 29.8 Å². The summed E-state index contributed by atoms with van der Waals surface area (Å²) < 4.78 is 58.4. The number of nitrogens with zero attached hydrogens (tertiary/aromatic N) is 6. The lowest BCUT2D eigenvalue weighted by Gasteiger charge is -2.49. The fourth-order valence-electron chi connectivity index (χ4n) is 4.68. The van der Waals surface area contributed by atoms with Gasteiger partial charge in [-0.3, -0.25) is 4.79 Å². The van der Waals surface area contributed by atoms with Crippen LogP contribution >= 0.6 is 0 Å². The van der Waals surface area contributed by atoms with Crippen LogP contribution in [0.2, 0.25) is 0 Å². The van der Waals surface area contributed by atoms with E-state index in [-0.39, 0.29) is 17.5 Å². The van der Waals surface area contributed by atoms with Crippen molar-refractivity contribution in [3.63, 3.8) is 0 Å². The molecule has 3 aliphatic rings. The Morgan fingerprint density at radius 1 is 1.11 bits per heavy atom. The summed E-state index contributed by atoms with van der Waals surface area (Å²) in [5.41, 5.74) is -0.113. The number of rotatable bonds is 4. The van der Waals surface area contributed by atoms with Crippen LogP contribution in [0.4, 0.5) is 17.6 Å². The molecule has 3 aromatic rings. The van der Waals surface area contributed by atoms with Crippen LogP contribution in [0.3, 0.4) is 0 Å². The summed E-state index contributed by atoms with van der Waals surface area (Å²) in [6.45, 7) is 2.24. The Bertz CT molecular complexity index is 1260. The van der Waals surface area contributed by atoms with Gasteiger partial charge in [0.1, 0.15) is 11.8 Å². The second kappa shape index (κ2) is 8.82. The minimum absolute atomic E-state index is 0.0839. The first kappa shape index (κ1) is 23.1. The molecule has 2 bridgehead atoms. The molecule has 35 heavy (non-hydrogen) atoms. The van der Waals surface area contributed by atoms with Crippen molar-refractivity contribution in [1.29, 1.82) is 0 Å². The second-order valence-corrected chi connectivity index (χ2v) is 8.63. The van der Waals surface area contributed by atoms with Crippen molar-refractivity contribution in [2.75, 3.05) is 6.54 Å². The van der Waals surface area contributed by atoms with Crippen LogP contribution in [-0.2, 0) is 6.18 Å². The van der Waals surface area contributed by atoms with E-state index >= 15 is 0 Å². The molecule has 2 saturated heterocycles. The van der Waals surface area contributed by atoms with Crippen molar-refractivity contribution in [3.05, 3.63) is 59.8 Å². The first-order valence-corrected chi connectivity index (χ1v) is 11.0. The zero-order valence-corrected chi connectivity index (χ0v) is 18.5. The molecular formula is C23H20F4N6O2. The van der Waals surface area contributed by atoms with Gasteiger partial charge >= 0.3 is 6.18 Å². The van der Waals surface area contributed by atoms with Gasteiger partial charge < -0.3 is 9.64 Å². The van der Waals surface area contributed by atoms with Crippen molar-refractivity contribution in [3.8, 4) is 17.3 Å². The molecule has 3 aromatic heterocycles. The van der Waals surface area contributed by atoms with E-state index in [9.17, 15) is 22.4 Å². The number of ether oxygens (including phenoxy) is 1. The highest BCUT2D eigenvalue weighted by molar-refractivity contribution is 5.98. The average Bonchev–Trinajstić information content (AvgIpc) is 2.85. The molecule has 3 atom stereocenters. The second-order valence-electron chi connectivity index (χ2n) is 8.63. The van der Waals surface area contributed by atoms with Gasteiger partial charge in [0.25, 0.3) is 17.7 Å². The SMILES string of the molecule is Cc1ccc(-c2ncccn2)c(C(=O)N2CC3CCC2C(Oc2ncc(C(F)(F)F)nc2F)C3)n1. The number of pyridine rings is 1. The topological polar surface area (TPSA) is 94.0 Å². The summed E-state index contributed by atoms with van der Waals surface area (Å²) in [5.74, 6) is -1.95. The van der Waals surface area contributed by atoms with E-state index in [4.69, 9.17) is 4.74 Å². The summed E-state index contributed by atoms with van der Waals surface area (Å²) in [7, 11) is 0. The Balaban J connectivity index is 1.42. The van der Waals surface area contributed by atoms with Crippen LogP contribution in [0.5, 0.6) is 5.88 Å². The molecule has 0 radical (unpaired) electrons. The maximum Gasteiger partial charge on any atom is 0.435 e. The number of amides is 1. The lowest BCUT2D eigenvalue weighted by Crippen LogP contribution is -2.59. The van der Waals surface area contributed by atoms with Gasteiger partial charge in [-0.05, 0) is 50.3 Å². The molecule has 5 heterocycles. The first-order valence-electron chi connectivity index (χ1n) is 11.0. The molecule has 8 nitrogen and oxygen atoms in total. The van der Waals surface area contributed by atoms with E-state index in [1.165, 1.54) is 0 Å². The molecule has 1 aliphatic carbocycles. The zero-order valence-electron chi connectivity index (χ0n) is 18.5. The van der Waals surface area contributed by atoms with E-state index in [1.807, 2.05) is 0 Å². The summed E-state index contributed by atoms with van der Waals surface area (Å²) in [4.78, 5) is 34.7. The molecule has 12 heteroatoms. The maximum absolute atomic E-state index is 14.3. The fourth-order valence-corrected chi connectivity index (χ4v) is 4.68. The smallest absolute Gasteiger partial charge is 0.435 e. The van der Waals surface area contributed by atoms with Gasteiger partial charge in [0.05, 0.1) is 17.8 Å². The number of aromatic nitrogens is 5. The minimum atomic E-state index is -4.82. The number of carbonyl (C=O) groups is 1. The van der Waals surface area contributed by atoms with Gasteiger partial charge in [-0.2, -0.15) is 17.6 Å². The number of aryl methyl sites for hydroxylation is 1. The molecule has 1 amide bonds. The zero-order chi connectivity index (χ0) is 24.7. The molecule has 2 aliphatic heterocycles. The van der Waals surface area contributed by atoms with Crippen LogP contribution in [0.25, 0.3) is 11.4 Å². The number of hydrogen-bond donors (Lipinski definition) is 0. The van der Waals surface area contributed by atoms with Gasteiger partial charge in [0.15, 0.2) is 11.5 Å². The predicted octanol–water partition coefficient (Wildman–Crippen LogP) is 3.87. The summed E-state index contributed by atoms with van der Waals surface area (Å²) in [6, 6.07) is 4.75. The molecule has 0 N–H and O–H groups in total. The molecule has 6 rings (SSSR count). The molecule has 3 fully saturated rings. The van der Waals surface area contributed by atoms with Crippen LogP contribution in [0.1, 0.15) is 41.1 Å². The van der Waals surface area contributed by atoms with Crippen molar-refractivity contribution >= 4 is 5.91 Å². The minimum Gasteiger partial charge on any atom is -0.469 e. The van der Waals surface area contributed by atoms with Gasteiger partial charge in [-0.1, -0.05) is 0 Å².